The fraction of sp³-hybridized carbons (Fsp3) is 0.111. The normalized spacial score (nSPS) is 10.9. The second-order valence-electron chi connectivity index (χ2n) is 5.56. The summed E-state index contributed by atoms with van der Waals surface area (Å²) in [6, 6.07) is 14.0. The second-order valence-corrected chi connectivity index (χ2v) is 5.56. The third kappa shape index (κ3) is 3.25. The molecule has 4 rings (SSSR count). The van der Waals surface area contributed by atoms with E-state index in [1.54, 1.807) is 23.3 Å². The van der Waals surface area contributed by atoms with Crippen molar-refractivity contribution in [2.75, 3.05) is 5.73 Å². The lowest BCUT2D eigenvalue weighted by atomic mass is 10.2. The molecule has 0 aliphatic rings. The van der Waals surface area contributed by atoms with Gasteiger partial charge in [0.1, 0.15) is 12.4 Å². The summed E-state index contributed by atoms with van der Waals surface area (Å²) >= 11 is 0. The highest BCUT2D eigenvalue weighted by molar-refractivity contribution is 5.85. The Balaban J connectivity index is 1.62. The first kappa shape index (κ1) is 15.1. The van der Waals surface area contributed by atoms with E-state index in [1.165, 1.54) is 0 Å². The largest absolute Gasteiger partial charge is 0.458 e. The number of hydrogen-bond donors (Lipinski definition) is 1. The molecule has 0 spiro atoms. The highest BCUT2D eigenvalue weighted by atomic mass is 16.5. The molecule has 7 heteroatoms. The number of fused-ring (bicyclic) bond motifs is 1. The lowest BCUT2D eigenvalue weighted by Gasteiger charge is -2.07. The number of anilines is 1. The van der Waals surface area contributed by atoms with Crippen LogP contribution in [0.25, 0.3) is 11.0 Å². The van der Waals surface area contributed by atoms with Crippen molar-refractivity contribution in [3.63, 3.8) is 0 Å². The number of ether oxygens (including phenoxy) is 1. The number of aromatic nitrogens is 5. The number of benzene rings is 1. The predicted octanol–water partition coefficient (Wildman–Crippen LogP) is 2.43. The summed E-state index contributed by atoms with van der Waals surface area (Å²) in [5.74, 6) is 0.356. The van der Waals surface area contributed by atoms with Crippen molar-refractivity contribution in [3.05, 3.63) is 72.2 Å². The maximum Gasteiger partial charge on any atom is 0.320 e. The van der Waals surface area contributed by atoms with Gasteiger partial charge in [-0.2, -0.15) is 15.1 Å². The average Bonchev–Trinajstić information content (AvgIpc) is 3.05. The minimum absolute atomic E-state index is 0.233. The van der Waals surface area contributed by atoms with Crippen LogP contribution in [0.1, 0.15) is 11.1 Å². The molecule has 0 saturated heterocycles. The van der Waals surface area contributed by atoms with Gasteiger partial charge in [0.05, 0.1) is 18.1 Å². The van der Waals surface area contributed by atoms with Crippen LogP contribution < -0.4 is 10.5 Å². The fourth-order valence-electron chi connectivity index (χ4n) is 2.52. The molecular weight excluding hydrogens is 316 g/mol. The quantitative estimate of drug-likeness (QED) is 0.603. The number of hydrogen-bond acceptors (Lipinski definition) is 6. The third-order valence-corrected chi connectivity index (χ3v) is 3.80. The van der Waals surface area contributed by atoms with Crippen LogP contribution >= 0.6 is 0 Å². The Morgan fingerprint density at radius 1 is 0.960 bits per heavy atom. The van der Waals surface area contributed by atoms with Crippen LogP contribution in [0.5, 0.6) is 6.01 Å². The Morgan fingerprint density at radius 2 is 1.76 bits per heavy atom. The minimum Gasteiger partial charge on any atom is -0.458 e. The smallest absolute Gasteiger partial charge is 0.320 e. The third-order valence-electron chi connectivity index (χ3n) is 3.80. The van der Waals surface area contributed by atoms with E-state index in [0.717, 1.165) is 11.1 Å². The Morgan fingerprint density at radius 3 is 2.56 bits per heavy atom. The molecule has 3 heterocycles. The van der Waals surface area contributed by atoms with E-state index in [1.807, 2.05) is 42.5 Å². The van der Waals surface area contributed by atoms with Crippen LogP contribution in [0, 0.1) is 0 Å². The monoisotopic (exact) mass is 332 g/mol. The summed E-state index contributed by atoms with van der Waals surface area (Å²) < 4.78 is 7.48. The zero-order chi connectivity index (χ0) is 17.1. The van der Waals surface area contributed by atoms with Gasteiger partial charge in [-0.05, 0) is 23.3 Å². The number of pyridine rings is 1. The fourth-order valence-corrected chi connectivity index (χ4v) is 2.52. The first-order chi connectivity index (χ1) is 12.3. The molecule has 0 amide bonds. The predicted molar refractivity (Wildman–Crippen MR) is 93.8 cm³/mol. The molecule has 0 unspecified atom stereocenters. The molecule has 0 aliphatic carbocycles. The molecule has 25 heavy (non-hydrogen) atoms. The van der Waals surface area contributed by atoms with Crippen molar-refractivity contribution >= 4 is 16.9 Å². The maximum absolute atomic E-state index is 6.04. The molecule has 0 bridgehead atoms. The summed E-state index contributed by atoms with van der Waals surface area (Å²) in [6.45, 7) is 0.949. The molecule has 4 aromatic rings. The van der Waals surface area contributed by atoms with Crippen molar-refractivity contribution in [1.82, 2.24) is 24.7 Å². The molecule has 124 valence electrons. The van der Waals surface area contributed by atoms with E-state index in [0.29, 0.717) is 30.0 Å². The molecule has 0 atom stereocenters. The highest BCUT2D eigenvalue weighted by Crippen LogP contribution is 2.21. The van der Waals surface area contributed by atoms with Gasteiger partial charge in [0.2, 0.25) is 0 Å². The van der Waals surface area contributed by atoms with Crippen LogP contribution in [-0.2, 0) is 13.2 Å². The van der Waals surface area contributed by atoms with Crippen LogP contribution in [-0.4, -0.2) is 24.7 Å². The molecule has 0 saturated carbocycles. The van der Waals surface area contributed by atoms with E-state index in [4.69, 9.17) is 10.5 Å². The molecular formula is C18H16N6O. The standard InChI is InChI=1S/C18H16N6O/c19-16-15-10-21-24(11-13-4-2-1-3-5-13)17(15)23-18(22-16)25-12-14-6-8-20-9-7-14/h1-10H,11-12H2,(H2,19,22,23). The number of nitrogens with zero attached hydrogens (tertiary/aromatic N) is 5. The van der Waals surface area contributed by atoms with Crippen molar-refractivity contribution in [1.29, 1.82) is 0 Å². The zero-order valence-corrected chi connectivity index (χ0v) is 13.4. The number of rotatable bonds is 5. The highest BCUT2D eigenvalue weighted by Gasteiger charge is 2.12. The Bertz CT molecular complexity index is 985. The lowest BCUT2D eigenvalue weighted by molar-refractivity contribution is 0.282. The molecule has 0 radical (unpaired) electrons. The van der Waals surface area contributed by atoms with Crippen molar-refractivity contribution < 1.29 is 4.74 Å². The van der Waals surface area contributed by atoms with Crippen LogP contribution in [0.2, 0.25) is 0 Å². The summed E-state index contributed by atoms with van der Waals surface area (Å²) in [7, 11) is 0. The molecule has 3 aromatic heterocycles. The van der Waals surface area contributed by atoms with Crippen molar-refractivity contribution in [3.8, 4) is 6.01 Å². The van der Waals surface area contributed by atoms with Gasteiger partial charge in [-0.1, -0.05) is 30.3 Å². The maximum atomic E-state index is 6.04. The van der Waals surface area contributed by atoms with Crippen LogP contribution in [0.3, 0.4) is 0 Å². The molecule has 7 nitrogen and oxygen atoms in total. The molecule has 0 aliphatic heterocycles. The summed E-state index contributed by atoms with van der Waals surface area (Å²) in [5.41, 5.74) is 8.80. The minimum atomic E-state index is 0.233. The first-order valence-electron chi connectivity index (χ1n) is 7.84. The SMILES string of the molecule is Nc1nc(OCc2ccncc2)nc2c1cnn2Cc1ccccc1. The van der Waals surface area contributed by atoms with Gasteiger partial charge in [0.25, 0.3) is 0 Å². The van der Waals surface area contributed by atoms with E-state index < -0.39 is 0 Å². The Labute approximate surface area is 144 Å². The summed E-state index contributed by atoms with van der Waals surface area (Å²) in [4.78, 5) is 12.7. The average molecular weight is 332 g/mol. The van der Waals surface area contributed by atoms with Gasteiger partial charge in [-0.25, -0.2) is 4.68 Å². The lowest BCUT2D eigenvalue weighted by Crippen LogP contribution is -2.06. The molecule has 0 fully saturated rings. The van der Waals surface area contributed by atoms with Gasteiger partial charge in [0, 0.05) is 12.4 Å². The Hall–Kier alpha value is -3.48. The molecule has 2 N–H and O–H groups in total. The van der Waals surface area contributed by atoms with E-state index in [9.17, 15) is 0 Å². The van der Waals surface area contributed by atoms with Gasteiger partial charge < -0.3 is 10.5 Å². The zero-order valence-electron chi connectivity index (χ0n) is 13.4. The first-order valence-corrected chi connectivity index (χ1v) is 7.84. The van der Waals surface area contributed by atoms with Gasteiger partial charge >= 0.3 is 6.01 Å². The van der Waals surface area contributed by atoms with Gasteiger partial charge in [0.15, 0.2) is 5.65 Å². The summed E-state index contributed by atoms with van der Waals surface area (Å²) in [5, 5.41) is 5.10. The van der Waals surface area contributed by atoms with Crippen LogP contribution in [0.15, 0.2) is 61.1 Å². The van der Waals surface area contributed by atoms with E-state index in [2.05, 4.69) is 20.1 Å². The summed E-state index contributed by atoms with van der Waals surface area (Å²) in [6.07, 6.45) is 5.11. The van der Waals surface area contributed by atoms with E-state index in [-0.39, 0.29) is 6.01 Å². The van der Waals surface area contributed by atoms with Crippen molar-refractivity contribution in [2.24, 2.45) is 0 Å². The van der Waals surface area contributed by atoms with E-state index >= 15 is 0 Å². The van der Waals surface area contributed by atoms with Crippen molar-refractivity contribution in [2.45, 2.75) is 13.2 Å². The number of nitrogen functional groups attached to an aromatic ring is 1. The van der Waals surface area contributed by atoms with Gasteiger partial charge in [-0.15, -0.1) is 0 Å². The Kier molecular flexibility index (Phi) is 3.96. The second kappa shape index (κ2) is 6.56. The van der Waals surface area contributed by atoms with Gasteiger partial charge in [-0.3, -0.25) is 4.98 Å². The molecule has 1 aromatic carbocycles. The van der Waals surface area contributed by atoms with Crippen LogP contribution in [0.4, 0.5) is 5.82 Å². The number of nitrogens with two attached hydrogens (primary N) is 1. The topological polar surface area (TPSA) is 91.7 Å².